The first-order valence-corrected chi connectivity index (χ1v) is 11.4. The van der Waals surface area contributed by atoms with Crippen LogP contribution in [0.2, 0.25) is 10.0 Å². The number of halogens is 7. The SMILES string of the molecule is O=C(Cc1c(F)cccc1F)c1cc(NC(=O)C2C(c3ccc(F)c(Cl)c3)C2(Cl)Cl)ccc1Cl. The topological polar surface area (TPSA) is 46.2 Å². The van der Waals surface area contributed by atoms with E-state index in [4.69, 9.17) is 46.4 Å². The normalized spacial score (nSPS) is 18.4. The molecule has 1 saturated carbocycles. The van der Waals surface area contributed by atoms with Crippen molar-refractivity contribution in [2.24, 2.45) is 5.92 Å². The Morgan fingerprint density at radius 3 is 2.21 bits per heavy atom. The quantitative estimate of drug-likeness (QED) is 0.259. The van der Waals surface area contributed by atoms with Crippen LogP contribution in [0.5, 0.6) is 0 Å². The van der Waals surface area contributed by atoms with Crippen molar-refractivity contribution in [1.82, 2.24) is 0 Å². The van der Waals surface area contributed by atoms with E-state index in [2.05, 4.69) is 5.32 Å². The van der Waals surface area contributed by atoms with Crippen LogP contribution >= 0.6 is 46.4 Å². The summed E-state index contributed by atoms with van der Waals surface area (Å²) >= 11 is 24.6. The number of hydrogen-bond donors (Lipinski definition) is 1. The van der Waals surface area contributed by atoms with Gasteiger partial charge in [-0.2, -0.15) is 0 Å². The molecule has 0 spiro atoms. The molecule has 176 valence electrons. The van der Waals surface area contributed by atoms with Crippen molar-refractivity contribution in [2.75, 3.05) is 5.32 Å². The number of rotatable bonds is 6. The first-order chi connectivity index (χ1) is 16.0. The average Bonchev–Trinajstić information content (AvgIpc) is 3.36. The summed E-state index contributed by atoms with van der Waals surface area (Å²) in [7, 11) is 0. The summed E-state index contributed by atoms with van der Waals surface area (Å²) in [5.41, 5.74) is 0.294. The summed E-state index contributed by atoms with van der Waals surface area (Å²) in [6, 6.07) is 11.4. The molecule has 1 aliphatic carbocycles. The molecular formula is C24H14Cl4F3NO2. The van der Waals surface area contributed by atoms with Gasteiger partial charge in [-0.25, -0.2) is 13.2 Å². The van der Waals surface area contributed by atoms with Crippen molar-refractivity contribution in [1.29, 1.82) is 0 Å². The zero-order valence-corrected chi connectivity index (χ0v) is 20.0. The zero-order chi connectivity index (χ0) is 24.8. The van der Waals surface area contributed by atoms with Crippen LogP contribution in [0.1, 0.15) is 27.4 Å². The molecule has 2 unspecified atom stereocenters. The molecule has 3 aromatic rings. The lowest BCUT2D eigenvalue weighted by atomic mass is 10.0. The standard InChI is InChI=1S/C24H14Cl4F3NO2/c25-15-6-5-12(9-13(15)20(33)10-14-17(29)2-1-3-18(14)30)32-23(34)22-21(24(22,27)28)11-4-7-19(31)16(26)8-11/h1-9,21-22H,10H2,(H,32,34). The van der Waals surface area contributed by atoms with Crippen molar-refractivity contribution in [2.45, 2.75) is 16.7 Å². The van der Waals surface area contributed by atoms with E-state index in [-0.39, 0.29) is 26.9 Å². The Kier molecular flexibility index (Phi) is 6.89. The van der Waals surface area contributed by atoms with E-state index in [0.29, 0.717) is 5.56 Å². The van der Waals surface area contributed by atoms with Crippen molar-refractivity contribution in [3.05, 3.63) is 98.8 Å². The molecule has 1 N–H and O–H groups in total. The maximum absolute atomic E-state index is 13.9. The summed E-state index contributed by atoms with van der Waals surface area (Å²) in [6.45, 7) is 0. The molecule has 1 aliphatic rings. The fourth-order valence-electron chi connectivity index (χ4n) is 3.77. The van der Waals surface area contributed by atoms with E-state index in [1.165, 1.54) is 36.4 Å². The summed E-state index contributed by atoms with van der Waals surface area (Å²) in [5.74, 6) is -5.01. The molecule has 0 aliphatic heterocycles. The molecule has 0 heterocycles. The number of anilines is 1. The molecule has 10 heteroatoms. The number of amides is 1. The van der Waals surface area contributed by atoms with Crippen LogP contribution in [0.25, 0.3) is 0 Å². The lowest BCUT2D eigenvalue weighted by Gasteiger charge is -2.10. The van der Waals surface area contributed by atoms with Gasteiger partial charge in [0.2, 0.25) is 5.91 Å². The van der Waals surface area contributed by atoms with E-state index < -0.39 is 51.7 Å². The first-order valence-electron chi connectivity index (χ1n) is 9.90. The molecule has 2 atom stereocenters. The van der Waals surface area contributed by atoms with Gasteiger partial charge >= 0.3 is 0 Å². The second-order valence-electron chi connectivity index (χ2n) is 7.79. The van der Waals surface area contributed by atoms with Gasteiger partial charge in [-0.3, -0.25) is 9.59 Å². The van der Waals surface area contributed by atoms with E-state index in [1.807, 2.05) is 0 Å². The van der Waals surface area contributed by atoms with E-state index in [9.17, 15) is 22.8 Å². The highest BCUT2D eigenvalue weighted by molar-refractivity contribution is 6.53. The van der Waals surface area contributed by atoms with Crippen LogP contribution in [0, 0.1) is 23.4 Å². The van der Waals surface area contributed by atoms with E-state index >= 15 is 0 Å². The monoisotopic (exact) mass is 545 g/mol. The molecule has 3 nitrogen and oxygen atoms in total. The first kappa shape index (κ1) is 24.9. The molecule has 0 bridgehead atoms. The Hall–Kier alpha value is -2.25. The number of alkyl halides is 2. The molecular weight excluding hydrogens is 533 g/mol. The summed E-state index contributed by atoms with van der Waals surface area (Å²) in [4.78, 5) is 25.6. The van der Waals surface area contributed by atoms with E-state index in [1.54, 1.807) is 0 Å². The number of carbonyl (C=O) groups is 2. The van der Waals surface area contributed by atoms with Gasteiger partial charge < -0.3 is 5.32 Å². The maximum atomic E-state index is 13.9. The van der Waals surface area contributed by atoms with Crippen molar-refractivity contribution >= 4 is 63.8 Å². The van der Waals surface area contributed by atoms with Gasteiger partial charge in [0.1, 0.15) is 21.8 Å². The third-order valence-electron chi connectivity index (χ3n) is 5.57. The van der Waals surface area contributed by atoms with Crippen LogP contribution in [0.15, 0.2) is 54.6 Å². The molecule has 0 saturated heterocycles. The number of benzene rings is 3. The average molecular weight is 547 g/mol. The summed E-state index contributed by atoms with van der Waals surface area (Å²) in [5, 5.41) is 2.55. The van der Waals surface area contributed by atoms with Gasteiger partial charge in [-0.15, -0.1) is 23.2 Å². The molecule has 4 rings (SSSR count). The highest BCUT2D eigenvalue weighted by Gasteiger charge is 2.67. The molecule has 34 heavy (non-hydrogen) atoms. The minimum atomic E-state index is -1.45. The minimum Gasteiger partial charge on any atom is -0.326 e. The van der Waals surface area contributed by atoms with Gasteiger partial charge in [0, 0.05) is 29.2 Å². The fraction of sp³-hybridized carbons (Fsp3) is 0.167. The third kappa shape index (κ3) is 4.78. The predicted octanol–water partition coefficient (Wildman–Crippen LogP) is 7.36. The largest absolute Gasteiger partial charge is 0.326 e. The Labute approximate surface area is 212 Å². The van der Waals surface area contributed by atoms with E-state index in [0.717, 1.165) is 18.2 Å². The maximum Gasteiger partial charge on any atom is 0.231 e. The number of Topliss-reactive ketones (excluding diaryl/α,β-unsaturated/α-hetero) is 1. The van der Waals surface area contributed by atoms with Crippen LogP contribution in [0.3, 0.4) is 0 Å². The predicted molar refractivity (Wildman–Crippen MR) is 127 cm³/mol. The molecule has 0 radical (unpaired) electrons. The number of nitrogens with one attached hydrogen (secondary N) is 1. The van der Waals surface area contributed by atoms with Gasteiger partial charge in [0.15, 0.2) is 5.78 Å². The molecule has 1 amide bonds. The second-order valence-corrected chi connectivity index (χ2v) is 10.0. The Morgan fingerprint density at radius 2 is 1.56 bits per heavy atom. The molecule has 3 aromatic carbocycles. The lowest BCUT2D eigenvalue weighted by molar-refractivity contribution is -0.117. The number of hydrogen-bond acceptors (Lipinski definition) is 2. The van der Waals surface area contributed by atoms with Crippen LogP contribution in [-0.4, -0.2) is 16.0 Å². The Morgan fingerprint density at radius 1 is 0.882 bits per heavy atom. The number of carbonyl (C=O) groups excluding carboxylic acids is 2. The van der Waals surface area contributed by atoms with Crippen LogP contribution in [0.4, 0.5) is 18.9 Å². The Bertz CT molecular complexity index is 1300. The summed E-state index contributed by atoms with van der Waals surface area (Å²) in [6.07, 6.45) is -0.557. The van der Waals surface area contributed by atoms with Gasteiger partial charge in [-0.05, 0) is 48.0 Å². The summed E-state index contributed by atoms with van der Waals surface area (Å²) < 4.78 is 39.9. The van der Waals surface area contributed by atoms with Crippen molar-refractivity contribution in [3.63, 3.8) is 0 Å². The highest BCUT2D eigenvalue weighted by atomic mass is 35.5. The third-order valence-corrected chi connectivity index (χ3v) is 7.13. The van der Waals surface area contributed by atoms with Crippen LogP contribution in [-0.2, 0) is 11.2 Å². The molecule has 1 fully saturated rings. The minimum absolute atomic E-state index is 0.0252. The van der Waals surface area contributed by atoms with Crippen molar-refractivity contribution in [3.8, 4) is 0 Å². The van der Waals surface area contributed by atoms with Gasteiger partial charge in [0.25, 0.3) is 0 Å². The van der Waals surface area contributed by atoms with Crippen LogP contribution < -0.4 is 5.32 Å². The van der Waals surface area contributed by atoms with Gasteiger partial charge in [-0.1, -0.05) is 35.3 Å². The smallest absolute Gasteiger partial charge is 0.231 e. The second kappa shape index (κ2) is 9.42. The number of ketones is 1. The Balaban J connectivity index is 1.52. The van der Waals surface area contributed by atoms with Crippen molar-refractivity contribution < 1.29 is 22.8 Å². The zero-order valence-electron chi connectivity index (χ0n) is 17.0. The lowest BCUT2D eigenvalue weighted by Crippen LogP contribution is -2.17. The van der Waals surface area contributed by atoms with Gasteiger partial charge in [0.05, 0.1) is 16.0 Å². The molecule has 0 aromatic heterocycles. The highest BCUT2D eigenvalue weighted by Crippen LogP contribution is 2.65. The fourth-order valence-corrected chi connectivity index (χ4v) is 5.01.